The van der Waals surface area contributed by atoms with Gasteiger partial charge in [0.1, 0.15) is 0 Å². The number of nitrogens with one attached hydrogen (secondary N) is 1. The second-order valence-corrected chi connectivity index (χ2v) is 5.26. The van der Waals surface area contributed by atoms with E-state index < -0.39 is 11.9 Å². The number of pyridine rings is 1. The second kappa shape index (κ2) is 8.02. The van der Waals surface area contributed by atoms with Crippen molar-refractivity contribution in [1.29, 1.82) is 0 Å². The zero-order chi connectivity index (χ0) is 18.4. The van der Waals surface area contributed by atoms with Crippen LogP contribution in [0.4, 0.5) is 5.69 Å². The van der Waals surface area contributed by atoms with Gasteiger partial charge in [0.25, 0.3) is 0 Å². The van der Waals surface area contributed by atoms with E-state index in [2.05, 4.69) is 25.2 Å². The summed E-state index contributed by atoms with van der Waals surface area (Å²) in [4.78, 5) is 31.6. The number of hydrogen-bond donors (Lipinski definition) is 1. The van der Waals surface area contributed by atoms with Gasteiger partial charge in [-0.25, -0.2) is 4.79 Å². The van der Waals surface area contributed by atoms with E-state index in [0.717, 1.165) is 11.1 Å². The summed E-state index contributed by atoms with van der Waals surface area (Å²) >= 11 is 0. The predicted octanol–water partition coefficient (Wildman–Crippen LogP) is 2.22. The highest BCUT2D eigenvalue weighted by atomic mass is 16.5. The molecule has 1 amide bonds. The molecule has 0 unspecified atom stereocenters. The van der Waals surface area contributed by atoms with Crippen LogP contribution in [0.3, 0.4) is 0 Å². The predicted molar refractivity (Wildman–Crippen MR) is 92.0 cm³/mol. The fraction of sp³-hybridized carbons (Fsp3) is 0.167. The molecule has 1 aromatic carbocycles. The van der Waals surface area contributed by atoms with E-state index in [1.165, 1.54) is 0 Å². The maximum Gasteiger partial charge on any atom is 0.397 e. The van der Waals surface area contributed by atoms with Gasteiger partial charge in [-0.15, -0.1) is 0 Å². The first-order chi connectivity index (χ1) is 12.7. The van der Waals surface area contributed by atoms with Crippen molar-refractivity contribution in [1.82, 2.24) is 15.1 Å². The Labute approximate surface area is 149 Å². The van der Waals surface area contributed by atoms with Gasteiger partial charge in [0.2, 0.25) is 11.7 Å². The normalized spacial score (nSPS) is 10.3. The second-order valence-electron chi connectivity index (χ2n) is 5.26. The molecule has 2 aromatic heterocycles. The minimum Gasteiger partial charge on any atom is -0.459 e. The van der Waals surface area contributed by atoms with Crippen molar-refractivity contribution in [2.24, 2.45) is 0 Å². The Hall–Kier alpha value is -3.55. The summed E-state index contributed by atoms with van der Waals surface area (Å²) in [6.45, 7) is 1.77. The summed E-state index contributed by atoms with van der Waals surface area (Å²) in [6.07, 6.45) is 3.59. The molecule has 2 heterocycles. The van der Waals surface area contributed by atoms with Crippen LogP contribution in [0.1, 0.15) is 18.4 Å². The Bertz CT molecular complexity index is 908. The first kappa shape index (κ1) is 17.3. The van der Waals surface area contributed by atoms with Crippen LogP contribution < -0.4 is 5.32 Å². The molecule has 1 N–H and O–H groups in total. The number of aromatic nitrogens is 3. The van der Waals surface area contributed by atoms with Crippen molar-refractivity contribution in [2.45, 2.75) is 13.3 Å². The Balaban J connectivity index is 1.76. The summed E-state index contributed by atoms with van der Waals surface area (Å²) in [7, 11) is 0. The van der Waals surface area contributed by atoms with Gasteiger partial charge >= 0.3 is 11.9 Å². The molecule has 0 atom stereocenters. The van der Waals surface area contributed by atoms with E-state index in [-0.39, 0.29) is 6.61 Å². The van der Waals surface area contributed by atoms with E-state index in [1.807, 2.05) is 6.07 Å². The molecule has 0 radical (unpaired) electrons. The standard InChI is InChI=1S/C18H16N4O4/c1-2-25-18(24)17(23)20-14-6-4-3-5-13(14)11-15-21-16(22-26-15)12-7-9-19-10-8-12/h3-10H,2,11H2,1H3,(H,20,23). The third kappa shape index (κ3) is 4.10. The minimum atomic E-state index is -0.930. The van der Waals surface area contributed by atoms with Crippen LogP contribution in [0.2, 0.25) is 0 Å². The third-order valence-corrected chi connectivity index (χ3v) is 3.47. The van der Waals surface area contributed by atoms with Crippen molar-refractivity contribution in [3.63, 3.8) is 0 Å². The fourth-order valence-electron chi connectivity index (χ4n) is 2.27. The van der Waals surface area contributed by atoms with Crippen LogP contribution in [-0.4, -0.2) is 33.6 Å². The number of carbonyl (C=O) groups excluding carboxylic acids is 2. The van der Waals surface area contributed by atoms with Gasteiger partial charge in [0.15, 0.2) is 0 Å². The Morgan fingerprint density at radius 3 is 2.69 bits per heavy atom. The number of benzene rings is 1. The monoisotopic (exact) mass is 352 g/mol. The molecular weight excluding hydrogens is 336 g/mol. The number of para-hydroxylation sites is 1. The maximum atomic E-state index is 11.9. The van der Waals surface area contributed by atoms with Gasteiger partial charge in [-0.1, -0.05) is 23.4 Å². The van der Waals surface area contributed by atoms with Gasteiger partial charge in [-0.05, 0) is 30.7 Å². The van der Waals surface area contributed by atoms with Gasteiger partial charge in [-0.3, -0.25) is 9.78 Å². The van der Waals surface area contributed by atoms with Crippen molar-refractivity contribution in [3.8, 4) is 11.4 Å². The lowest BCUT2D eigenvalue weighted by Gasteiger charge is -2.09. The van der Waals surface area contributed by atoms with E-state index in [0.29, 0.717) is 23.8 Å². The molecule has 0 bridgehead atoms. The number of ether oxygens (including phenoxy) is 1. The van der Waals surface area contributed by atoms with E-state index in [1.54, 1.807) is 49.6 Å². The third-order valence-electron chi connectivity index (χ3n) is 3.47. The topological polar surface area (TPSA) is 107 Å². The fourth-order valence-corrected chi connectivity index (χ4v) is 2.27. The van der Waals surface area contributed by atoms with E-state index in [9.17, 15) is 9.59 Å². The zero-order valence-corrected chi connectivity index (χ0v) is 14.0. The van der Waals surface area contributed by atoms with Crippen LogP contribution in [0.15, 0.2) is 53.3 Å². The molecule has 0 aliphatic carbocycles. The van der Waals surface area contributed by atoms with Gasteiger partial charge in [-0.2, -0.15) is 4.98 Å². The number of carbonyl (C=O) groups is 2. The van der Waals surface area contributed by atoms with E-state index in [4.69, 9.17) is 4.52 Å². The highest BCUT2D eigenvalue weighted by molar-refractivity contribution is 6.37. The van der Waals surface area contributed by atoms with Crippen LogP contribution in [-0.2, 0) is 20.7 Å². The van der Waals surface area contributed by atoms with Crippen molar-refractivity contribution < 1.29 is 18.8 Å². The largest absolute Gasteiger partial charge is 0.459 e. The molecule has 3 aromatic rings. The molecule has 26 heavy (non-hydrogen) atoms. The molecule has 3 rings (SSSR count). The van der Waals surface area contributed by atoms with Gasteiger partial charge in [0.05, 0.1) is 13.0 Å². The summed E-state index contributed by atoms with van der Waals surface area (Å²) in [5.74, 6) is -0.924. The number of amides is 1. The maximum absolute atomic E-state index is 11.9. The molecule has 8 nitrogen and oxygen atoms in total. The number of esters is 1. The molecular formula is C18H16N4O4. The summed E-state index contributed by atoms with van der Waals surface area (Å²) in [5.41, 5.74) is 2.00. The molecule has 0 spiro atoms. The lowest BCUT2D eigenvalue weighted by atomic mass is 10.1. The lowest BCUT2D eigenvalue weighted by Crippen LogP contribution is -2.25. The lowest BCUT2D eigenvalue weighted by molar-refractivity contribution is -0.152. The number of hydrogen-bond acceptors (Lipinski definition) is 7. The average Bonchev–Trinajstić information content (AvgIpc) is 3.13. The average molecular weight is 352 g/mol. The number of anilines is 1. The van der Waals surface area contributed by atoms with Gasteiger partial charge in [0, 0.05) is 23.6 Å². The van der Waals surface area contributed by atoms with Crippen LogP contribution in [0, 0.1) is 0 Å². The van der Waals surface area contributed by atoms with Crippen LogP contribution >= 0.6 is 0 Å². The molecule has 8 heteroatoms. The Morgan fingerprint density at radius 2 is 1.92 bits per heavy atom. The minimum absolute atomic E-state index is 0.133. The van der Waals surface area contributed by atoms with Crippen molar-refractivity contribution >= 4 is 17.6 Å². The molecule has 0 aliphatic heterocycles. The van der Waals surface area contributed by atoms with Gasteiger partial charge < -0.3 is 14.6 Å². The van der Waals surface area contributed by atoms with Crippen molar-refractivity contribution in [2.75, 3.05) is 11.9 Å². The highest BCUT2D eigenvalue weighted by Gasteiger charge is 2.17. The molecule has 0 aliphatic rings. The molecule has 0 saturated carbocycles. The first-order valence-electron chi connectivity index (χ1n) is 7.96. The Morgan fingerprint density at radius 1 is 1.15 bits per heavy atom. The highest BCUT2D eigenvalue weighted by Crippen LogP contribution is 2.20. The number of nitrogens with zero attached hydrogens (tertiary/aromatic N) is 3. The summed E-state index contributed by atoms with van der Waals surface area (Å²) in [6, 6.07) is 10.6. The smallest absolute Gasteiger partial charge is 0.397 e. The molecule has 0 fully saturated rings. The first-order valence-corrected chi connectivity index (χ1v) is 7.96. The van der Waals surface area contributed by atoms with Crippen LogP contribution in [0.25, 0.3) is 11.4 Å². The molecule has 132 valence electrons. The van der Waals surface area contributed by atoms with Crippen molar-refractivity contribution in [3.05, 3.63) is 60.2 Å². The quantitative estimate of drug-likeness (QED) is 0.554. The number of rotatable bonds is 5. The Kier molecular flexibility index (Phi) is 5.33. The zero-order valence-electron chi connectivity index (χ0n) is 14.0. The summed E-state index contributed by atoms with van der Waals surface area (Å²) < 4.78 is 9.97. The molecule has 0 saturated heterocycles. The van der Waals surface area contributed by atoms with Crippen LogP contribution in [0.5, 0.6) is 0 Å². The van der Waals surface area contributed by atoms with E-state index >= 15 is 0 Å². The summed E-state index contributed by atoms with van der Waals surface area (Å²) in [5, 5.41) is 6.49. The SMILES string of the molecule is CCOC(=O)C(=O)Nc1ccccc1Cc1nc(-c2ccncc2)no1.